The van der Waals surface area contributed by atoms with Gasteiger partial charge in [-0.05, 0) is 37.8 Å². The molecule has 3 nitrogen and oxygen atoms in total. The van der Waals surface area contributed by atoms with E-state index in [0.29, 0.717) is 18.9 Å². The largest absolute Gasteiger partial charge is 0.466 e. The lowest BCUT2D eigenvalue weighted by molar-refractivity contribution is -0.144. The molecule has 0 spiro atoms. The van der Waals surface area contributed by atoms with Crippen LogP contribution in [0.2, 0.25) is 0 Å². The van der Waals surface area contributed by atoms with Crippen LogP contribution in [-0.4, -0.2) is 25.7 Å². The molecule has 1 saturated heterocycles. The summed E-state index contributed by atoms with van der Waals surface area (Å²) in [4.78, 5) is 11.4. The minimum atomic E-state index is -0.000602. The minimum absolute atomic E-state index is 0.000602. The fourth-order valence-electron chi connectivity index (χ4n) is 1.93. The molecule has 0 bridgehead atoms. The second-order valence-corrected chi connectivity index (χ2v) is 4.52. The van der Waals surface area contributed by atoms with E-state index in [0.717, 1.165) is 31.8 Å². The summed E-state index contributed by atoms with van der Waals surface area (Å²) in [6, 6.07) is 0. The molecule has 0 amide bonds. The van der Waals surface area contributed by atoms with Gasteiger partial charge in [0.15, 0.2) is 0 Å². The lowest BCUT2D eigenvalue weighted by Gasteiger charge is -2.07. The molecule has 1 aliphatic heterocycles. The summed E-state index contributed by atoms with van der Waals surface area (Å²) in [6.45, 7) is 2.68. The van der Waals surface area contributed by atoms with Gasteiger partial charge in [0.25, 0.3) is 0 Å². The molecule has 1 atom stereocenters. The van der Waals surface area contributed by atoms with Gasteiger partial charge in [0.05, 0.1) is 6.61 Å². The third kappa shape index (κ3) is 3.29. The van der Waals surface area contributed by atoms with Crippen LogP contribution < -0.4 is 5.32 Å². The zero-order chi connectivity index (χ0) is 9.80. The molecule has 2 aliphatic rings. The van der Waals surface area contributed by atoms with Crippen molar-refractivity contribution in [1.29, 1.82) is 0 Å². The Morgan fingerprint density at radius 2 is 2.14 bits per heavy atom. The van der Waals surface area contributed by atoms with E-state index in [2.05, 4.69) is 5.32 Å². The van der Waals surface area contributed by atoms with Gasteiger partial charge in [-0.3, -0.25) is 4.79 Å². The molecule has 1 unspecified atom stereocenters. The van der Waals surface area contributed by atoms with Crippen LogP contribution in [0.1, 0.15) is 32.1 Å². The van der Waals surface area contributed by atoms with Crippen LogP contribution >= 0.6 is 0 Å². The van der Waals surface area contributed by atoms with Gasteiger partial charge in [0, 0.05) is 6.42 Å². The van der Waals surface area contributed by atoms with Gasteiger partial charge in [0.2, 0.25) is 0 Å². The first-order valence-electron chi connectivity index (χ1n) is 5.71. The monoisotopic (exact) mass is 197 g/mol. The molecule has 0 aromatic carbocycles. The Morgan fingerprint density at radius 1 is 1.29 bits per heavy atom. The Kier molecular flexibility index (Phi) is 3.40. The average molecular weight is 197 g/mol. The Balaban J connectivity index is 1.53. The number of ether oxygens (including phenoxy) is 1. The Morgan fingerprint density at radius 3 is 2.79 bits per heavy atom. The summed E-state index contributed by atoms with van der Waals surface area (Å²) in [6.07, 6.45) is 5.48. The van der Waals surface area contributed by atoms with Gasteiger partial charge < -0.3 is 10.1 Å². The van der Waals surface area contributed by atoms with E-state index in [1.165, 1.54) is 12.8 Å². The fraction of sp³-hybridized carbons (Fsp3) is 0.909. The van der Waals surface area contributed by atoms with Crippen molar-refractivity contribution in [2.45, 2.75) is 32.1 Å². The number of nitrogens with one attached hydrogen (secondary N) is 1. The smallest absolute Gasteiger partial charge is 0.306 e. The molecular formula is C11H19NO2. The maximum atomic E-state index is 11.4. The summed E-state index contributed by atoms with van der Waals surface area (Å²) < 4.78 is 5.19. The third-order valence-corrected chi connectivity index (χ3v) is 3.10. The highest BCUT2D eigenvalue weighted by atomic mass is 16.5. The molecule has 1 heterocycles. The van der Waals surface area contributed by atoms with Crippen LogP contribution in [0.15, 0.2) is 0 Å². The molecule has 0 radical (unpaired) electrons. The number of carbonyl (C=O) groups excluding carboxylic acids is 1. The minimum Gasteiger partial charge on any atom is -0.466 e. The molecule has 2 rings (SSSR count). The van der Waals surface area contributed by atoms with Crippen LogP contribution in [0.5, 0.6) is 0 Å². The summed E-state index contributed by atoms with van der Waals surface area (Å²) in [7, 11) is 0. The zero-order valence-electron chi connectivity index (χ0n) is 8.63. The van der Waals surface area contributed by atoms with Gasteiger partial charge >= 0.3 is 5.97 Å². The lowest BCUT2D eigenvalue weighted by atomic mass is 10.1. The van der Waals surface area contributed by atoms with Crippen LogP contribution in [0.4, 0.5) is 0 Å². The molecule has 3 heteroatoms. The number of hydrogen-bond acceptors (Lipinski definition) is 3. The summed E-state index contributed by atoms with van der Waals surface area (Å²) in [5, 5.41) is 3.25. The van der Waals surface area contributed by atoms with Crippen LogP contribution in [0, 0.1) is 11.8 Å². The molecule has 2 fully saturated rings. The first-order valence-corrected chi connectivity index (χ1v) is 5.71. The van der Waals surface area contributed by atoms with E-state index in [1.807, 2.05) is 0 Å². The molecule has 1 aliphatic carbocycles. The van der Waals surface area contributed by atoms with Crippen molar-refractivity contribution in [3.63, 3.8) is 0 Å². The second kappa shape index (κ2) is 4.78. The zero-order valence-corrected chi connectivity index (χ0v) is 8.63. The Hall–Kier alpha value is -0.570. The molecule has 14 heavy (non-hydrogen) atoms. The predicted molar refractivity (Wildman–Crippen MR) is 53.9 cm³/mol. The molecule has 80 valence electrons. The lowest BCUT2D eigenvalue weighted by Crippen LogP contribution is -2.15. The van der Waals surface area contributed by atoms with Crippen molar-refractivity contribution in [2.75, 3.05) is 19.7 Å². The SMILES string of the molecule is O=C(CC1CCNC1)OCCC1CC1. The number of rotatable bonds is 5. The van der Waals surface area contributed by atoms with Gasteiger partial charge in [-0.15, -0.1) is 0 Å². The number of hydrogen-bond donors (Lipinski definition) is 1. The van der Waals surface area contributed by atoms with E-state index < -0.39 is 0 Å². The molecular weight excluding hydrogens is 178 g/mol. The van der Waals surface area contributed by atoms with Crippen molar-refractivity contribution in [3.8, 4) is 0 Å². The van der Waals surface area contributed by atoms with Gasteiger partial charge in [0.1, 0.15) is 0 Å². The fourth-order valence-corrected chi connectivity index (χ4v) is 1.93. The normalized spacial score (nSPS) is 26.4. The number of carbonyl (C=O) groups is 1. The van der Waals surface area contributed by atoms with E-state index in [4.69, 9.17) is 4.74 Å². The molecule has 0 aromatic rings. The van der Waals surface area contributed by atoms with Crippen LogP contribution in [-0.2, 0) is 9.53 Å². The van der Waals surface area contributed by atoms with Crippen molar-refractivity contribution in [3.05, 3.63) is 0 Å². The molecule has 1 N–H and O–H groups in total. The second-order valence-electron chi connectivity index (χ2n) is 4.52. The highest BCUT2D eigenvalue weighted by Crippen LogP contribution is 2.32. The maximum Gasteiger partial charge on any atom is 0.306 e. The molecule has 0 aromatic heterocycles. The summed E-state index contributed by atoms with van der Waals surface area (Å²) >= 11 is 0. The van der Waals surface area contributed by atoms with Crippen molar-refractivity contribution in [1.82, 2.24) is 5.32 Å². The topological polar surface area (TPSA) is 38.3 Å². The first kappa shape index (κ1) is 9.97. The average Bonchev–Trinajstić information content (AvgIpc) is 2.83. The van der Waals surface area contributed by atoms with Crippen molar-refractivity contribution < 1.29 is 9.53 Å². The van der Waals surface area contributed by atoms with E-state index >= 15 is 0 Å². The highest BCUT2D eigenvalue weighted by molar-refractivity contribution is 5.69. The number of esters is 1. The Labute approximate surface area is 85.2 Å². The molecule has 1 saturated carbocycles. The van der Waals surface area contributed by atoms with Gasteiger partial charge in [-0.2, -0.15) is 0 Å². The van der Waals surface area contributed by atoms with Gasteiger partial charge in [-0.1, -0.05) is 12.8 Å². The highest BCUT2D eigenvalue weighted by Gasteiger charge is 2.22. The Bertz CT molecular complexity index is 195. The standard InChI is InChI=1S/C11H19NO2/c13-11(7-10-3-5-12-8-10)14-6-4-9-1-2-9/h9-10,12H,1-8H2. The third-order valence-electron chi connectivity index (χ3n) is 3.10. The van der Waals surface area contributed by atoms with E-state index in [-0.39, 0.29) is 5.97 Å². The van der Waals surface area contributed by atoms with Gasteiger partial charge in [-0.25, -0.2) is 0 Å². The first-order chi connectivity index (χ1) is 6.84. The van der Waals surface area contributed by atoms with Crippen molar-refractivity contribution in [2.24, 2.45) is 11.8 Å². The van der Waals surface area contributed by atoms with Crippen molar-refractivity contribution >= 4 is 5.97 Å². The predicted octanol–water partition coefficient (Wildman–Crippen LogP) is 1.33. The van der Waals surface area contributed by atoms with E-state index in [9.17, 15) is 4.79 Å². The summed E-state index contributed by atoms with van der Waals surface area (Å²) in [5.41, 5.74) is 0. The van der Waals surface area contributed by atoms with Crippen LogP contribution in [0.3, 0.4) is 0 Å². The van der Waals surface area contributed by atoms with E-state index in [1.54, 1.807) is 0 Å². The quantitative estimate of drug-likeness (QED) is 0.676. The summed E-state index contributed by atoms with van der Waals surface area (Å²) in [5.74, 6) is 1.37. The maximum absolute atomic E-state index is 11.4. The van der Waals surface area contributed by atoms with Crippen LogP contribution in [0.25, 0.3) is 0 Å².